The molecular formula is C18H21FN6O. The Kier molecular flexibility index (Phi) is 4.48. The van der Waals surface area contributed by atoms with Gasteiger partial charge in [-0.2, -0.15) is 5.10 Å². The fourth-order valence-electron chi connectivity index (χ4n) is 3.42. The Hall–Kier alpha value is -2.64. The van der Waals surface area contributed by atoms with Crippen molar-refractivity contribution >= 4 is 11.7 Å². The number of hydrogen-bond acceptors (Lipinski definition) is 6. The molecular weight excluding hydrogens is 335 g/mol. The molecule has 2 atom stereocenters. The van der Waals surface area contributed by atoms with Crippen LogP contribution >= 0.6 is 0 Å². The summed E-state index contributed by atoms with van der Waals surface area (Å²) in [4.78, 5) is 23.1. The van der Waals surface area contributed by atoms with Gasteiger partial charge in [0, 0.05) is 31.3 Å². The summed E-state index contributed by atoms with van der Waals surface area (Å²) < 4.78 is 14.0. The number of amides is 1. The molecule has 8 heteroatoms. The Morgan fingerprint density at radius 3 is 3.00 bits per heavy atom. The van der Waals surface area contributed by atoms with E-state index in [1.807, 2.05) is 11.8 Å². The van der Waals surface area contributed by atoms with Gasteiger partial charge in [0.05, 0.1) is 23.8 Å². The Balaban J connectivity index is 1.46. The molecule has 0 bridgehead atoms. The summed E-state index contributed by atoms with van der Waals surface area (Å²) in [6.45, 7) is 2.43. The lowest BCUT2D eigenvalue weighted by Gasteiger charge is -2.25. The number of halogens is 1. The molecule has 26 heavy (non-hydrogen) atoms. The molecule has 1 saturated carbocycles. The summed E-state index contributed by atoms with van der Waals surface area (Å²) in [5.74, 6) is 1.46. The second kappa shape index (κ2) is 6.93. The molecule has 0 radical (unpaired) electrons. The predicted molar refractivity (Wildman–Crippen MR) is 93.8 cm³/mol. The maximum absolute atomic E-state index is 14.0. The van der Waals surface area contributed by atoms with Crippen LogP contribution in [0.25, 0.3) is 0 Å². The summed E-state index contributed by atoms with van der Waals surface area (Å²) in [5.41, 5.74) is 1.36. The molecule has 7 nitrogen and oxygen atoms in total. The van der Waals surface area contributed by atoms with E-state index in [4.69, 9.17) is 0 Å². The fourth-order valence-corrected chi connectivity index (χ4v) is 3.42. The van der Waals surface area contributed by atoms with Crippen molar-refractivity contribution < 1.29 is 9.18 Å². The minimum Gasteiger partial charge on any atom is -0.350 e. The van der Waals surface area contributed by atoms with Gasteiger partial charge in [0.2, 0.25) is 0 Å². The summed E-state index contributed by atoms with van der Waals surface area (Å²) in [7, 11) is 0. The van der Waals surface area contributed by atoms with Crippen LogP contribution in [0.4, 0.5) is 10.2 Å². The number of hydrogen-bond donors (Lipinski definition) is 1. The molecule has 1 aliphatic carbocycles. The average molecular weight is 356 g/mol. The van der Waals surface area contributed by atoms with Crippen LogP contribution in [0.15, 0.2) is 24.5 Å². The maximum atomic E-state index is 14.0. The number of nitrogens with zero attached hydrogens (tertiary/aromatic N) is 5. The number of anilines is 1. The number of aromatic nitrogens is 4. The summed E-state index contributed by atoms with van der Waals surface area (Å²) in [6.07, 6.45) is 4.71. The van der Waals surface area contributed by atoms with Crippen LogP contribution in [-0.4, -0.2) is 51.4 Å². The number of carbonyl (C=O) groups excluding carboxylic acids is 1. The number of alkyl halides is 1. The van der Waals surface area contributed by atoms with Crippen molar-refractivity contribution in [2.24, 2.45) is 0 Å². The topological polar surface area (TPSA) is 83.9 Å². The highest BCUT2D eigenvalue weighted by atomic mass is 19.1. The lowest BCUT2D eigenvalue weighted by Crippen LogP contribution is -2.41. The SMILES string of the molecule is Cc1ncc(C(=O)NC[C@@H]2C[C@H](F)CN2c2cccnn2)c(C2CC2)n1. The number of rotatable bonds is 5. The van der Waals surface area contributed by atoms with Gasteiger partial charge in [-0.3, -0.25) is 4.79 Å². The zero-order valence-corrected chi connectivity index (χ0v) is 14.6. The standard InChI is InChI=1S/C18H21FN6O/c1-11-20-9-15(17(23-11)12-4-5-12)18(26)21-8-14-7-13(19)10-25(14)16-3-2-6-22-24-16/h2-3,6,9,12-14H,4-5,7-8,10H2,1H3,(H,21,26)/t13-,14-/m0/s1. The minimum atomic E-state index is -0.941. The number of aryl methyl sites for hydroxylation is 1. The second-order valence-electron chi connectivity index (χ2n) is 6.92. The molecule has 1 amide bonds. The van der Waals surface area contributed by atoms with Crippen molar-refractivity contribution in [1.29, 1.82) is 0 Å². The normalized spacial score (nSPS) is 22.5. The molecule has 1 aliphatic heterocycles. The molecule has 2 aliphatic rings. The Labute approximate surface area is 151 Å². The van der Waals surface area contributed by atoms with E-state index < -0.39 is 6.17 Å². The molecule has 2 aromatic heterocycles. The van der Waals surface area contributed by atoms with Gasteiger partial charge in [-0.15, -0.1) is 5.10 Å². The summed E-state index contributed by atoms with van der Waals surface area (Å²) in [5, 5.41) is 10.9. The van der Waals surface area contributed by atoms with E-state index in [2.05, 4.69) is 25.5 Å². The van der Waals surface area contributed by atoms with Crippen molar-refractivity contribution in [3.05, 3.63) is 41.6 Å². The van der Waals surface area contributed by atoms with E-state index in [0.717, 1.165) is 18.5 Å². The third kappa shape index (κ3) is 3.49. The van der Waals surface area contributed by atoms with Gasteiger partial charge in [0.15, 0.2) is 5.82 Å². The van der Waals surface area contributed by atoms with E-state index in [0.29, 0.717) is 36.1 Å². The molecule has 1 N–H and O–H groups in total. The van der Waals surface area contributed by atoms with Crippen LogP contribution in [0.1, 0.15) is 47.1 Å². The highest BCUT2D eigenvalue weighted by Crippen LogP contribution is 2.40. The zero-order chi connectivity index (χ0) is 18.1. The van der Waals surface area contributed by atoms with E-state index in [-0.39, 0.29) is 18.5 Å². The van der Waals surface area contributed by atoms with Gasteiger partial charge in [-0.05, 0) is 31.9 Å². The third-order valence-electron chi connectivity index (χ3n) is 4.86. The van der Waals surface area contributed by atoms with Gasteiger partial charge >= 0.3 is 0 Å². The molecule has 0 spiro atoms. The minimum absolute atomic E-state index is 0.151. The quantitative estimate of drug-likeness (QED) is 0.879. The Morgan fingerprint density at radius 1 is 1.42 bits per heavy atom. The van der Waals surface area contributed by atoms with Crippen molar-refractivity contribution in [1.82, 2.24) is 25.5 Å². The molecule has 136 valence electrons. The van der Waals surface area contributed by atoms with Crippen LogP contribution in [0.2, 0.25) is 0 Å². The van der Waals surface area contributed by atoms with E-state index >= 15 is 0 Å². The first-order valence-electron chi connectivity index (χ1n) is 8.92. The van der Waals surface area contributed by atoms with Crippen LogP contribution in [0, 0.1) is 6.92 Å². The van der Waals surface area contributed by atoms with E-state index in [1.165, 1.54) is 0 Å². The summed E-state index contributed by atoms with van der Waals surface area (Å²) in [6, 6.07) is 3.43. The maximum Gasteiger partial charge on any atom is 0.254 e. The Bertz CT molecular complexity index is 798. The third-order valence-corrected chi connectivity index (χ3v) is 4.86. The van der Waals surface area contributed by atoms with Gasteiger partial charge in [0.25, 0.3) is 5.91 Å². The molecule has 2 fully saturated rings. The molecule has 1 saturated heterocycles. The molecule has 4 rings (SSSR count). The number of nitrogens with one attached hydrogen (secondary N) is 1. The molecule has 2 aromatic rings. The zero-order valence-electron chi connectivity index (χ0n) is 14.6. The van der Waals surface area contributed by atoms with Crippen molar-refractivity contribution in [2.45, 2.75) is 44.3 Å². The molecule has 0 unspecified atom stereocenters. The van der Waals surface area contributed by atoms with E-state index in [1.54, 1.807) is 24.5 Å². The van der Waals surface area contributed by atoms with Crippen LogP contribution in [0.5, 0.6) is 0 Å². The highest BCUT2D eigenvalue weighted by molar-refractivity contribution is 5.95. The summed E-state index contributed by atoms with van der Waals surface area (Å²) >= 11 is 0. The van der Waals surface area contributed by atoms with Crippen molar-refractivity contribution in [3.63, 3.8) is 0 Å². The van der Waals surface area contributed by atoms with E-state index in [9.17, 15) is 9.18 Å². The van der Waals surface area contributed by atoms with Crippen molar-refractivity contribution in [2.75, 3.05) is 18.0 Å². The van der Waals surface area contributed by atoms with Gasteiger partial charge in [-0.1, -0.05) is 0 Å². The first-order valence-corrected chi connectivity index (χ1v) is 8.92. The average Bonchev–Trinajstić information content (AvgIpc) is 3.43. The number of carbonyl (C=O) groups is 1. The van der Waals surface area contributed by atoms with Crippen LogP contribution in [-0.2, 0) is 0 Å². The molecule has 3 heterocycles. The second-order valence-corrected chi connectivity index (χ2v) is 6.92. The lowest BCUT2D eigenvalue weighted by atomic mass is 10.1. The molecule has 0 aromatic carbocycles. The van der Waals surface area contributed by atoms with Crippen LogP contribution in [0.3, 0.4) is 0 Å². The van der Waals surface area contributed by atoms with Gasteiger partial charge in [-0.25, -0.2) is 14.4 Å². The van der Waals surface area contributed by atoms with Gasteiger partial charge in [0.1, 0.15) is 12.0 Å². The highest BCUT2D eigenvalue weighted by Gasteiger charge is 2.34. The lowest BCUT2D eigenvalue weighted by molar-refractivity contribution is 0.0949. The van der Waals surface area contributed by atoms with Gasteiger partial charge < -0.3 is 10.2 Å². The Morgan fingerprint density at radius 2 is 2.27 bits per heavy atom. The monoisotopic (exact) mass is 356 g/mol. The fraction of sp³-hybridized carbons (Fsp3) is 0.500. The first-order chi connectivity index (χ1) is 12.6. The smallest absolute Gasteiger partial charge is 0.254 e. The van der Waals surface area contributed by atoms with Crippen molar-refractivity contribution in [3.8, 4) is 0 Å². The first kappa shape index (κ1) is 16.8. The van der Waals surface area contributed by atoms with Crippen LogP contribution < -0.4 is 10.2 Å². The predicted octanol–water partition coefficient (Wildman–Crippen LogP) is 1.80. The largest absolute Gasteiger partial charge is 0.350 e.